The third kappa shape index (κ3) is 3.35. The predicted molar refractivity (Wildman–Crippen MR) is 79.4 cm³/mol. The van der Waals surface area contributed by atoms with Crippen LogP contribution in [0.2, 0.25) is 0 Å². The molecule has 0 saturated carbocycles. The van der Waals surface area contributed by atoms with Gasteiger partial charge < -0.3 is 9.84 Å². The number of phenolic OH excluding ortho intramolecular Hbond substituents is 1. The fourth-order valence-electron chi connectivity index (χ4n) is 1.97. The van der Waals surface area contributed by atoms with Gasteiger partial charge in [0, 0.05) is 0 Å². The van der Waals surface area contributed by atoms with E-state index in [0.717, 1.165) is 28.3 Å². The number of phenols is 1. The monoisotopic (exact) mass is 270 g/mol. The predicted octanol–water partition coefficient (Wildman–Crippen LogP) is 4.82. The Kier molecular flexibility index (Phi) is 4.35. The molecule has 0 aliphatic heterocycles. The van der Waals surface area contributed by atoms with Gasteiger partial charge in [-0.15, -0.1) is 0 Å². The molecule has 104 valence electrons. The van der Waals surface area contributed by atoms with Gasteiger partial charge in [0.2, 0.25) is 0 Å². The summed E-state index contributed by atoms with van der Waals surface area (Å²) in [4.78, 5) is 0. The standard InChI is InChI=1S/C16H18N2O2/c1-4-20-15-7-5-13(6-8-15)17-18-16-11(2)9-14(19)10-12(16)3/h5-10,19H,4H2,1-3H3. The molecule has 0 aromatic heterocycles. The quantitative estimate of drug-likeness (QED) is 0.809. The second kappa shape index (κ2) is 6.19. The van der Waals surface area contributed by atoms with Crippen LogP contribution in [0.25, 0.3) is 0 Å². The van der Waals surface area contributed by atoms with Crippen LogP contribution in [0, 0.1) is 13.8 Å². The second-order valence-corrected chi connectivity index (χ2v) is 4.56. The molecule has 0 bridgehead atoms. The SMILES string of the molecule is CCOc1ccc(N=Nc2c(C)cc(O)cc2C)cc1. The van der Waals surface area contributed by atoms with Crippen molar-refractivity contribution in [3.05, 3.63) is 47.5 Å². The van der Waals surface area contributed by atoms with Crippen molar-refractivity contribution in [1.29, 1.82) is 0 Å². The van der Waals surface area contributed by atoms with Crippen LogP contribution in [0.3, 0.4) is 0 Å². The number of hydrogen-bond acceptors (Lipinski definition) is 4. The van der Waals surface area contributed by atoms with E-state index in [-0.39, 0.29) is 5.75 Å². The average Bonchev–Trinajstić information content (AvgIpc) is 2.39. The smallest absolute Gasteiger partial charge is 0.119 e. The average molecular weight is 270 g/mol. The summed E-state index contributed by atoms with van der Waals surface area (Å²) < 4.78 is 5.37. The molecule has 0 spiro atoms. The molecule has 0 aliphatic carbocycles. The fraction of sp³-hybridized carbons (Fsp3) is 0.250. The van der Waals surface area contributed by atoms with Gasteiger partial charge in [-0.2, -0.15) is 10.2 Å². The summed E-state index contributed by atoms with van der Waals surface area (Å²) in [5.41, 5.74) is 3.35. The van der Waals surface area contributed by atoms with Gasteiger partial charge in [-0.3, -0.25) is 0 Å². The first-order valence-electron chi connectivity index (χ1n) is 6.55. The first-order valence-corrected chi connectivity index (χ1v) is 6.55. The molecular weight excluding hydrogens is 252 g/mol. The van der Waals surface area contributed by atoms with E-state index in [9.17, 15) is 5.11 Å². The van der Waals surface area contributed by atoms with E-state index in [0.29, 0.717) is 6.61 Å². The molecule has 0 unspecified atom stereocenters. The lowest BCUT2D eigenvalue weighted by Gasteiger charge is -2.05. The number of benzene rings is 2. The van der Waals surface area contributed by atoms with Crippen molar-refractivity contribution in [2.24, 2.45) is 10.2 Å². The van der Waals surface area contributed by atoms with E-state index in [1.807, 2.05) is 45.0 Å². The third-order valence-corrected chi connectivity index (χ3v) is 2.89. The number of rotatable bonds is 4. The first kappa shape index (κ1) is 14.1. The molecule has 0 atom stereocenters. The Morgan fingerprint density at radius 1 is 1.00 bits per heavy atom. The van der Waals surface area contributed by atoms with Crippen LogP contribution in [0.1, 0.15) is 18.1 Å². The van der Waals surface area contributed by atoms with Gasteiger partial charge in [0.15, 0.2) is 0 Å². The Balaban J connectivity index is 2.21. The Bertz CT molecular complexity index is 596. The molecule has 0 radical (unpaired) electrons. The van der Waals surface area contributed by atoms with Crippen LogP contribution in [-0.4, -0.2) is 11.7 Å². The van der Waals surface area contributed by atoms with Gasteiger partial charge in [0.25, 0.3) is 0 Å². The molecular formula is C16H18N2O2. The number of nitrogens with zero attached hydrogens (tertiary/aromatic N) is 2. The lowest BCUT2D eigenvalue weighted by atomic mass is 10.1. The minimum absolute atomic E-state index is 0.250. The highest BCUT2D eigenvalue weighted by Gasteiger charge is 2.03. The van der Waals surface area contributed by atoms with Gasteiger partial charge in [-0.05, 0) is 68.3 Å². The van der Waals surface area contributed by atoms with Crippen LogP contribution in [0.5, 0.6) is 11.5 Å². The molecule has 4 nitrogen and oxygen atoms in total. The zero-order valence-electron chi connectivity index (χ0n) is 11.9. The topological polar surface area (TPSA) is 54.2 Å². The molecule has 0 aliphatic rings. The van der Waals surface area contributed by atoms with Crippen molar-refractivity contribution < 1.29 is 9.84 Å². The van der Waals surface area contributed by atoms with Crippen molar-refractivity contribution in [2.45, 2.75) is 20.8 Å². The molecule has 0 fully saturated rings. The summed E-state index contributed by atoms with van der Waals surface area (Å²) in [5.74, 6) is 1.07. The highest BCUT2D eigenvalue weighted by atomic mass is 16.5. The summed E-state index contributed by atoms with van der Waals surface area (Å²) in [6, 6.07) is 10.8. The molecule has 4 heteroatoms. The fourth-order valence-corrected chi connectivity index (χ4v) is 1.97. The molecule has 0 heterocycles. The van der Waals surface area contributed by atoms with Crippen LogP contribution < -0.4 is 4.74 Å². The van der Waals surface area contributed by atoms with Gasteiger partial charge >= 0.3 is 0 Å². The lowest BCUT2D eigenvalue weighted by molar-refractivity contribution is 0.340. The minimum Gasteiger partial charge on any atom is -0.508 e. The summed E-state index contributed by atoms with van der Waals surface area (Å²) >= 11 is 0. The van der Waals surface area contributed by atoms with Crippen molar-refractivity contribution in [1.82, 2.24) is 0 Å². The summed E-state index contributed by atoms with van der Waals surface area (Å²) in [7, 11) is 0. The molecule has 0 amide bonds. The highest BCUT2D eigenvalue weighted by Crippen LogP contribution is 2.29. The lowest BCUT2D eigenvalue weighted by Crippen LogP contribution is -1.89. The van der Waals surface area contributed by atoms with E-state index >= 15 is 0 Å². The van der Waals surface area contributed by atoms with Crippen LogP contribution in [0.4, 0.5) is 11.4 Å². The Morgan fingerprint density at radius 3 is 2.15 bits per heavy atom. The number of aromatic hydroxyl groups is 1. The maximum atomic E-state index is 9.50. The van der Waals surface area contributed by atoms with Crippen molar-refractivity contribution in [3.63, 3.8) is 0 Å². The van der Waals surface area contributed by atoms with Gasteiger partial charge in [0.1, 0.15) is 11.5 Å². The maximum Gasteiger partial charge on any atom is 0.119 e. The van der Waals surface area contributed by atoms with E-state index in [1.165, 1.54) is 0 Å². The number of ether oxygens (including phenoxy) is 1. The van der Waals surface area contributed by atoms with E-state index in [4.69, 9.17) is 4.74 Å². The number of azo groups is 1. The van der Waals surface area contributed by atoms with Crippen molar-refractivity contribution >= 4 is 11.4 Å². The van der Waals surface area contributed by atoms with Gasteiger partial charge in [0.05, 0.1) is 18.0 Å². The van der Waals surface area contributed by atoms with Gasteiger partial charge in [-0.1, -0.05) is 0 Å². The number of hydrogen-bond donors (Lipinski definition) is 1. The molecule has 20 heavy (non-hydrogen) atoms. The zero-order valence-corrected chi connectivity index (χ0v) is 11.9. The van der Waals surface area contributed by atoms with E-state index in [2.05, 4.69) is 10.2 Å². The minimum atomic E-state index is 0.250. The van der Waals surface area contributed by atoms with Crippen LogP contribution >= 0.6 is 0 Å². The first-order chi connectivity index (χ1) is 9.60. The van der Waals surface area contributed by atoms with Crippen molar-refractivity contribution in [2.75, 3.05) is 6.61 Å². The summed E-state index contributed by atoms with van der Waals surface area (Å²) in [5, 5.41) is 18.0. The maximum absolute atomic E-state index is 9.50. The van der Waals surface area contributed by atoms with Crippen LogP contribution in [-0.2, 0) is 0 Å². The summed E-state index contributed by atoms with van der Waals surface area (Å²) in [6.07, 6.45) is 0. The Morgan fingerprint density at radius 2 is 1.60 bits per heavy atom. The molecule has 2 rings (SSSR count). The summed E-state index contributed by atoms with van der Waals surface area (Å²) in [6.45, 7) is 6.40. The third-order valence-electron chi connectivity index (χ3n) is 2.89. The molecule has 0 saturated heterocycles. The highest BCUT2D eigenvalue weighted by molar-refractivity contribution is 5.55. The van der Waals surface area contributed by atoms with E-state index in [1.54, 1.807) is 12.1 Å². The van der Waals surface area contributed by atoms with Crippen molar-refractivity contribution in [3.8, 4) is 11.5 Å². The normalized spacial score (nSPS) is 10.9. The van der Waals surface area contributed by atoms with Crippen LogP contribution in [0.15, 0.2) is 46.6 Å². The Hall–Kier alpha value is -2.36. The molecule has 2 aromatic carbocycles. The molecule has 1 N–H and O–H groups in total. The zero-order chi connectivity index (χ0) is 14.5. The van der Waals surface area contributed by atoms with E-state index < -0.39 is 0 Å². The van der Waals surface area contributed by atoms with Gasteiger partial charge in [-0.25, -0.2) is 0 Å². The molecule has 2 aromatic rings. The number of aryl methyl sites for hydroxylation is 2. The largest absolute Gasteiger partial charge is 0.508 e. The second-order valence-electron chi connectivity index (χ2n) is 4.56. The Labute approximate surface area is 118 Å².